The molecular formula is C31H33Cl2N3O6S. The van der Waals surface area contributed by atoms with Crippen molar-refractivity contribution >= 4 is 50.7 Å². The number of anilines is 1. The Morgan fingerprint density at radius 3 is 2.30 bits per heavy atom. The second-order valence-corrected chi connectivity index (χ2v) is 13.4. The predicted octanol–water partition coefficient (Wildman–Crippen LogP) is 5.19. The minimum atomic E-state index is -3.94. The Morgan fingerprint density at radius 1 is 0.953 bits per heavy atom. The van der Waals surface area contributed by atoms with Crippen LogP contribution < -0.4 is 19.1 Å². The first-order valence-corrected chi connectivity index (χ1v) is 16.6. The highest BCUT2D eigenvalue weighted by molar-refractivity contribution is 7.92. The van der Waals surface area contributed by atoms with Gasteiger partial charge in [-0.05, 0) is 42.7 Å². The van der Waals surface area contributed by atoms with Gasteiger partial charge in [0, 0.05) is 40.7 Å². The zero-order valence-electron chi connectivity index (χ0n) is 23.7. The van der Waals surface area contributed by atoms with Crippen molar-refractivity contribution in [3.63, 3.8) is 0 Å². The molecule has 0 saturated heterocycles. The summed E-state index contributed by atoms with van der Waals surface area (Å²) in [6.07, 6.45) is 4.99. The van der Waals surface area contributed by atoms with E-state index in [0.29, 0.717) is 27.1 Å². The Labute approximate surface area is 261 Å². The fourth-order valence-corrected chi connectivity index (χ4v) is 6.79. The lowest BCUT2D eigenvalue weighted by Gasteiger charge is -2.34. The monoisotopic (exact) mass is 645 g/mol. The zero-order valence-corrected chi connectivity index (χ0v) is 26.0. The highest BCUT2D eigenvalue weighted by Crippen LogP contribution is 2.36. The summed E-state index contributed by atoms with van der Waals surface area (Å²) in [7, 11) is -3.94. The Hall–Kier alpha value is -3.47. The number of fused-ring (bicyclic) bond motifs is 1. The third-order valence-electron chi connectivity index (χ3n) is 7.69. The van der Waals surface area contributed by atoms with Crippen LogP contribution in [0.4, 0.5) is 5.69 Å². The van der Waals surface area contributed by atoms with Gasteiger partial charge >= 0.3 is 0 Å². The van der Waals surface area contributed by atoms with Crippen molar-refractivity contribution in [3.05, 3.63) is 87.9 Å². The van der Waals surface area contributed by atoms with Gasteiger partial charge in [-0.3, -0.25) is 13.9 Å². The molecule has 12 heteroatoms. The van der Waals surface area contributed by atoms with Crippen LogP contribution in [-0.2, 0) is 32.6 Å². The number of rotatable bonds is 11. The van der Waals surface area contributed by atoms with Crippen molar-refractivity contribution in [2.24, 2.45) is 0 Å². The van der Waals surface area contributed by atoms with Gasteiger partial charge in [0.05, 0.1) is 11.9 Å². The van der Waals surface area contributed by atoms with E-state index in [9.17, 15) is 18.0 Å². The van der Waals surface area contributed by atoms with Gasteiger partial charge in [0.1, 0.15) is 12.6 Å². The van der Waals surface area contributed by atoms with Crippen molar-refractivity contribution in [2.75, 3.05) is 23.9 Å². The van der Waals surface area contributed by atoms with Crippen LogP contribution in [0, 0.1) is 0 Å². The number of nitrogens with zero attached hydrogens (tertiary/aromatic N) is 2. The Kier molecular flexibility index (Phi) is 9.68. The summed E-state index contributed by atoms with van der Waals surface area (Å²) in [5, 5.41) is 3.79. The number of amides is 2. The normalized spacial score (nSPS) is 15.2. The molecule has 3 aromatic carbocycles. The average Bonchev–Trinajstić information content (AvgIpc) is 3.66. The minimum absolute atomic E-state index is 0.00720. The van der Waals surface area contributed by atoms with Crippen molar-refractivity contribution in [1.82, 2.24) is 10.2 Å². The van der Waals surface area contributed by atoms with Crippen molar-refractivity contribution in [3.8, 4) is 11.5 Å². The SMILES string of the molecule is CS(=O)(=O)N(CC(=O)N(Cc1c(Cl)cccc1Cl)C(Cc1ccccc1)C(=O)NC1CCCC1)c1ccc2c(c1)OCO2. The van der Waals surface area contributed by atoms with Gasteiger partial charge in [0.15, 0.2) is 11.5 Å². The molecule has 228 valence electrons. The summed E-state index contributed by atoms with van der Waals surface area (Å²) in [6, 6.07) is 18.1. The number of carbonyl (C=O) groups excluding carboxylic acids is 2. The molecule has 1 heterocycles. The molecule has 1 unspecified atom stereocenters. The fraction of sp³-hybridized carbons (Fsp3) is 0.355. The maximum Gasteiger partial charge on any atom is 0.244 e. The number of halogens is 2. The second kappa shape index (κ2) is 13.4. The van der Waals surface area contributed by atoms with Crippen molar-refractivity contribution in [1.29, 1.82) is 0 Å². The molecule has 0 aromatic heterocycles. The smallest absolute Gasteiger partial charge is 0.244 e. The van der Waals surface area contributed by atoms with Crippen LogP contribution in [0.25, 0.3) is 0 Å². The van der Waals surface area contributed by atoms with Gasteiger partial charge < -0.3 is 19.7 Å². The molecule has 3 aromatic rings. The summed E-state index contributed by atoms with van der Waals surface area (Å²) in [5.41, 5.74) is 1.53. The molecule has 9 nitrogen and oxygen atoms in total. The number of sulfonamides is 1. The van der Waals surface area contributed by atoms with Crippen LogP contribution in [0.1, 0.15) is 36.8 Å². The zero-order chi connectivity index (χ0) is 30.6. The Bertz CT molecular complexity index is 1560. The molecule has 1 saturated carbocycles. The lowest BCUT2D eigenvalue weighted by Crippen LogP contribution is -2.54. The fourth-order valence-electron chi connectivity index (χ4n) is 5.43. The first-order chi connectivity index (χ1) is 20.6. The van der Waals surface area contributed by atoms with E-state index in [0.717, 1.165) is 41.8 Å². The van der Waals surface area contributed by atoms with Crippen LogP contribution in [0.3, 0.4) is 0 Å². The van der Waals surface area contributed by atoms with E-state index in [2.05, 4.69) is 5.32 Å². The van der Waals surface area contributed by atoms with Crippen LogP contribution in [0.2, 0.25) is 10.0 Å². The molecule has 0 bridgehead atoms. The molecule has 1 aliphatic heterocycles. The lowest BCUT2D eigenvalue weighted by atomic mass is 10.0. The van der Waals surface area contributed by atoms with E-state index in [1.807, 2.05) is 30.3 Å². The molecule has 2 aliphatic rings. The molecule has 43 heavy (non-hydrogen) atoms. The van der Waals surface area contributed by atoms with Gasteiger partial charge in [0.2, 0.25) is 28.6 Å². The molecule has 0 spiro atoms. The minimum Gasteiger partial charge on any atom is -0.454 e. The van der Waals surface area contributed by atoms with E-state index in [1.54, 1.807) is 30.3 Å². The number of hydrogen-bond acceptors (Lipinski definition) is 6. The van der Waals surface area contributed by atoms with Gasteiger partial charge in [-0.25, -0.2) is 8.42 Å². The van der Waals surface area contributed by atoms with E-state index < -0.39 is 28.5 Å². The van der Waals surface area contributed by atoms with Gasteiger partial charge in [-0.15, -0.1) is 0 Å². The molecule has 2 amide bonds. The van der Waals surface area contributed by atoms with Gasteiger partial charge in [0.25, 0.3) is 0 Å². The first-order valence-electron chi connectivity index (χ1n) is 14.0. The summed E-state index contributed by atoms with van der Waals surface area (Å²) < 4.78 is 37.9. The maximum absolute atomic E-state index is 14.3. The highest BCUT2D eigenvalue weighted by Gasteiger charge is 2.35. The van der Waals surface area contributed by atoms with Gasteiger partial charge in [-0.2, -0.15) is 0 Å². The molecule has 1 N–H and O–H groups in total. The number of carbonyl (C=O) groups is 2. The molecule has 1 fully saturated rings. The topological polar surface area (TPSA) is 105 Å². The van der Waals surface area contributed by atoms with Crippen LogP contribution in [0.5, 0.6) is 11.5 Å². The maximum atomic E-state index is 14.3. The Balaban J connectivity index is 1.53. The van der Waals surface area contributed by atoms with E-state index in [4.69, 9.17) is 32.7 Å². The Morgan fingerprint density at radius 2 is 1.63 bits per heavy atom. The van der Waals surface area contributed by atoms with Crippen LogP contribution >= 0.6 is 23.2 Å². The number of hydrogen-bond donors (Lipinski definition) is 1. The number of ether oxygens (including phenoxy) is 2. The molecule has 1 atom stereocenters. The summed E-state index contributed by atoms with van der Waals surface area (Å²) in [5.74, 6) is -0.0657. The summed E-state index contributed by atoms with van der Waals surface area (Å²) in [6.45, 7) is -0.658. The summed E-state index contributed by atoms with van der Waals surface area (Å²) >= 11 is 13.1. The molecule has 1 aliphatic carbocycles. The quantitative estimate of drug-likeness (QED) is 0.308. The van der Waals surface area contributed by atoms with E-state index in [1.165, 1.54) is 11.0 Å². The molecular weight excluding hydrogens is 613 g/mol. The predicted molar refractivity (Wildman–Crippen MR) is 166 cm³/mol. The van der Waals surface area contributed by atoms with E-state index >= 15 is 0 Å². The van der Waals surface area contributed by atoms with Gasteiger partial charge in [-0.1, -0.05) is 72.4 Å². The highest BCUT2D eigenvalue weighted by atomic mass is 35.5. The van der Waals surface area contributed by atoms with E-state index in [-0.39, 0.29) is 37.4 Å². The number of benzene rings is 3. The molecule has 5 rings (SSSR count). The third kappa shape index (κ3) is 7.55. The largest absolute Gasteiger partial charge is 0.454 e. The van der Waals surface area contributed by atoms with Crippen molar-refractivity contribution < 1.29 is 27.5 Å². The van der Waals surface area contributed by atoms with Crippen LogP contribution in [0.15, 0.2) is 66.7 Å². The summed E-state index contributed by atoms with van der Waals surface area (Å²) in [4.78, 5) is 29.6. The third-order valence-corrected chi connectivity index (χ3v) is 9.53. The average molecular weight is 647 g/mol. The standard InChI is InChI=1S/C31H33Cl2N3O6S/c1-43(39,40)36(23-14-15-28-29(17-23)42-20-41-28)19-30(37)35(18-24-25(32)12-7-13-26(24)33)27(16-21-8-3-2-4-9-21)31(38)34-22-10-5-6-11-22/h2-4,7-9,12-15,17,22,27H,5-6,10-11,16,18-20H2,1H3,(H,34,38). The van der Waals surface area contributed by atoms with Crippen LogP contribution in [-0.4, -0.2) is 56.8 Å². The second-order valence-electron chi connectivity index (χ2n) is 10.7. The number of nitrogens with one attached hydrogen (secondary N) is 1. The lowest BCUT2D eigenvalue weighted by molar-refractivity contribution is -0.140. The first kappa shape index (κ1) is 31.0. The van der Waals surface area contributed by atoms with Crippen molar-refractivity contribution in [2.45, 2.75) is 50.7 Å². The molecule has 0 radical (unpaired) electrons.